The van der Waals surface area contributed by atoms with Crippen LogP contribution in [0.25, 0.3) is 0 Å². The summed E-state index contributed by atoms with van der Waals surface area (Å²) >= 11 is 0. The topological polar surface area (TPSA) is 15.3 Å². The number of aryl methyl sites for hydroxylation is 1. The summed E-state index contributed by atoms with van der Waals surface area (Å²) in [6.07, 6.45) is 1.17. The van der Waals surface area contributed by atoms with Crippen molar-refractivity contribution in [3.05, 3.63) is 35.4 Å². The molecular weight excluding hydrogens is 208 g/mol. The molecule has 0 aromatic heterocycles. The Morgan fingerprint density at radius 1 is 1.18 bits per heavy atom. The first-order valence-corrected chi connectivity index (χ1v) is 6.68. The van der Waals surface area contributed by atoms with E-state index in [0.717, 1.165) is 19.6 Å². The van der Waals surface area contributed by atoms with Crippen LogP contribution in [0.3, 0.4) is 0 Å². The molecule has 96 valence electrons. The number of nitrogens with zero attached hydrogens (tertiary/aromatic N) is 1. The van der Waals surface area contributed by atoms with Gasteiger partial charge in [-0.25, -0.2) is 0 Å². The van der Waals surface area contributed by atoms with Crippen LogP contribution in [0.1, 0.15) is 37.4 Å². The van der Waals surface area contributed by atoms with Crippen LogP contribution in [-0.4, -0.2) is 31.6 Å². The van der Waals surface area contributed by atoms with Crippen LogP contribution in [0.2, 0.25) is 0 Å². The molecule has 1 rings (SSSR count). The van der Waals surface area contributed by atoms with Gasteiger partial charge in [-0.3, -0.25) is 0 Å². The van der Waals surface area contributed by atoms with Crippen LogP contribution in [0.4, 0.5) is 0 Å². The highest BCUT2D eigenvalue weighted by molar-refractivity contribution is 5.28. The average molecular weight is 234 g/mol. The lowest BCUT2D eigenvalue weighted by Gasteiger charge is -2.23. The minimum atomic E-state index is 0.469. The molecule has 0 spiro atoms. The fraction of sp³-hybridized carbons (Fsp3) is 0.600. The Kier molecular flexibility index (Phi) is 6.23. The van der Waals surface area contributed by atoms with Crippen molar-refractivity contribution in [2.75, 3.05) is 26.7 Å². The van der Waals surface area contributed by atoms with E-state index >= 15 is 0 Å². The molecule has 0 amide bonds. The lowest BCUT2D eigenvalue weighted by atomic mass is 9.99. The van der Waals surface area contributed by atoms with Crippen LogP contribution < -0.4 is 5.32 Å². The van der Waals surface area contributed by atoms with Gasteiger partial charge in [0.1, 0.15) is 0 Å². The van der Waals surface area contributed by atoms with Gasteiger partial charge in [-0.1, -0.05) is 38.1 Å². The van der Waals surface area contributed by atoms with Crippen LogP contribution in [0, 0.1) is 6.92 Å². The first-order valence-electron chi connectivity index (χ1n) is 6.68. The summed E-state index contributed by atoms with van der Waals surface area (Å²) in [4.78, 5) is 2.47. The van der Waals surface area contributed by atoms with Gasteiger partial charge in [0.15, 0.2) is 0 Å². The van der Waals surface area contributed by atoms with Crippen LogP contribution in [0.15, 0.2) is 24.3 Å². The molecule has 0 radical (unpaired) electrons. The van der Waals surface area contributed by atoms with E-state index < -0.39 is 0 Å². The zero-order chi connectivity index (χ0) is 12.7. The van der Waals surface area contributed by atoms with Gasteiger partial charge < -0.3 is 10.2 Å². The van der Waals surface area contributed by atoms with E-state index in [2.05, 4.69) is 62.3 Å². The van der Waals surface area contributed by atoms with Gasteiger partial charge in [0, 0.05) is 6.04 Å². The van der Waals surface area contributed by atoms with E-state index in [1.54, 1.807) is 0 Å². The first-order chi connectivity index (χ1) is 8.22. The molecule has 1 N–H and O–H groups in total. The van der Waals surface area contributed by atoms with Gasteiger partial charge in [-0.05, 0) is 51.2 Å². The van der Waals surface area contributed by atoms with Crippen LogP contribution in [0.5, 0.6) is 0 Å². The van der Waals surface area contributed by atoms with Crippen molar-refractivity contribution < 1.29 is 0 Å². The molecule has 2 heteroatoms. The Labute approximate surface area is 106 Å². The maximum Gasteiger partial charge on any atom is 0.0332 e. The van der Waals surface area contributed by atoms with Crippen molar-refractivity contribution in [1.29, 1.82) is 0 Å². The minimum absolute atomic E-state index is 0.469. The molecule has 0 saturated carbocycles. The van der Waals surface area contributed by atoms with Crippen molar-refractivity contribution >= 4 is 0 Å². The molecular formula is C15H26N2. The Hall–Kier alpha value is -0.860. The van der Waals surface area contributed by atoms with Crippen molar-refractivity contribution in [1.82, 2.24) is 10.2 Å². The number of hydrogen-bond donors (Lipinski definition) is 1. The van der Waals surface area contributed by atoms with Crippen LogP contribution >= 0.6 is 0 Å². The molecule has 0 aliphatic rings. The predicted octanol–water partition coefficient (Wildman–Crippen LogP) is 2.99. The summed E-state index contributed by atoms with van der Waals surface area (Å²) in [7, 11) is 2.05. The predicted molar refractivity (Wildman–Crippen MR) is 75.4 cm³/mol. The largest absolute Gasteiger partial charge is 0.313 e. The highest BCUT2D eigenvalue weighted by Crippen LogP contribution is 2.20. The first kappa shape index (κ1) is 14.2. The van der Waals surface area contributed by atoms with Gasteiger partial charge in [0.05, 0.1) is 0 Å². The summed E-state index contributed by atoms with van der Waals surface area (Å²) in [6, 6.07) is 9.13. The molecule has 0 aliphatic heterocycles. The Bertz CT molecular complexity index is 318. The van der Waals surface area contributed by atoms with E-state index in [1.165, 1.54) is 17.5 Å². The summed E-state index contributed by atoms with van der Waals surface area (Å²) in [6.45, 7) is 10.1. The van der Waals surface area contributed by atoms with Crippen molar-refractivity contribution in [2.24, 2.45) is 0 Å². The Morgan fingerprint density at radius 3 is 2.35 bits per heavy atom. The number of rotatable bonds is 7. The quantitative estimate of drug-likeness (QED) is 0.780. The maximum absolute atomic E-state index is 3.44. The zero-order valence-electron chi connectivity index (χ0n) is 11.7. The SMILES string of the molecule is CCN(CC)CCC(NC)c1ccccc1C. The minimum Gasteiger partial charge on any atom is -0.313 e. The van der Waals surface area contributed by atoms with Gasteiger partial charge in [-0.2, -0.15) is 0 Å². The van der Waals surface area contributed by atoms with Crippen molar-refractivity contribution in [2.45, 2.75) is 33.2 Å². The molecule has 0 bridgehead atoms. The third kappa shape index (κ3) is 4.14. The second kappa shape index (κ2) is 7.46. The van der Waals surface area contributed by atoms with Gasteiger partial charge in [0.25, 0.3) is 0 Å². The molecule has 1 aromatic carbocycles. The monoisotopic (exact) mass is 234 g/mol. The molecule has 2 nitrogen and oxygen atoms in total. The molecule has 1 aromatic rings. The highest BCUT2D eigenvalue weighted by atomic mass is 15.1. The Balaban J connectivity index is 2.63. The van der Waals surface area contributed by atoms with E-state index in [-0.39, 0.29) is 0 Å². The van der Waals surface area contributed by atoms with Crippen molar-refractivity contribution in [3.63, 3.8) is 0 Å². The fourth-order valence-corrected chi connectivity index (χ4v) is 2.28. The summed E-state index contributed by atoms with van der Waals surface area (Å²) < 4.78 is 0. The summed E-state index contributed by atoms with van der Waals surface area (Å²) in [5.41, 5.74) is 2.81. The second-order valence-corrected chi connectivity index (χ2v) is 4.51. The molecule has 17 heavy (non-hydrogen) atoms. The molecule has 0 fully saturated rings. The third-order valence-electron chi connectivity index (χ3n) is 3.54. The van der Waals surface area contributed by atoms with E-state index in [9.17, 15) is 0 Å². The highest BCUT2D eigenvalue weighted by Gasteiger charge is 2.12. The third-order valence-corrected chi connectivity index (χ3v) is 3.54. The smallest absolute Gasteiger partial charge is 0.0332 e. The molecule has 0 saturated heterocycles. The summed E-state index contributed by atoms with van der Waals surface area (Å²) in [5, 5.41) is 3.44. The standard InChI is InChI=1S/C15H26N2/c1-5-17(6-2)12-11-15(16-4)14-10-8-7-9-13(14)3/h7-10,15-16H,5-6,11-12H2,1-4H3. The molecule has 1 atom stereocenters. The average Bonchev–Trinajstić information content (AvgIpc) is 2.36. The zero-order valence-corrected chi connectivity index (χ0v) is 11.7. The van der Waals surface area contributed by atoms with Crippen molar-refractivity contribution in [3.8, 4) is 0 Å². The molecule has 0 heterocycles. The van der Waals surface area contributed by atoms with E-state index in [1.807, 2.05) is 0 Å². The van der Waals surface area contributed by atoms with Gasteiger partial charge >= 0.3 is 0 Å². The number of benzene rings is 1. The number of nitrogens with one attached hydrogen (secondary N) is 1. The molecule has 1 unspecified atom stereocenters. The number of hydrogen-bond acceptors (Lipinski definition) is 2. The summed E-state index contributed by atoms with van der Waals surface area (Å²) in [5.74, 6) is 0. The van der Waals surface area contributed by atoms with Crippen LogP contribution in [-0.2, 0) is 0 Å². The normalized spacial score (nSPS) is 13.0. The van der Waals surface area contributed by atoms with Gasteiger partial charge in [0.2, 0.25) is 0 Å². The molecule has 0 aliphatic carbocycles. The fourth-order valence-electron chi connectivity index (χ4n) is 2.28. The van der Waals surface area contributed by atoms with E-state index in [4.69, 9.17) is 0 Å². The second-order valence-electron chi connectivity index (χ2n) is 4.51. The van der Waals surface area contributed by atoms with Gasteiger partial charge in [-0.15, -0.1) is 0 Å². The maximum atomic E-state index is 3.44. The lowest BCUT2D eigenvalue weighted by molar-refractivity contribution is 0.284. The lowest BCUT2D eigenvalue weighted by Crippen LogP contribution is -2.28. The van der Waals surface area contributed by atoms with E-state index in [0.29, 0.717) is 6.04 Å². The Morgan fingerprint density at radius 2 is 1.82 bits per heavy atom.